The fourth-order valence-electron chi connectivity index (χ4n) is 3.63. The number of alkyl halides is 9. The average molecular weight is 540 g/mol. The molecule has 2 heterocycles. The number of benzene rings is 1. The molecule has 1 atom stereocenters. The van der Waals surface area contributed by atoms with E-state index in [1.165, 1.54) is 5.32 Å². The van der Waals surface area contributed by atoms with Crippen LogP contribution < -0.4 is 10.3 Å². The van der Waals surface area contributed by atoms with Gasteiger partial charge >= 0.3 is 18.5 Å². The van der Waals surface area contributed by atoms with E-state index in [-0.39, 0.29) is 12.5 Å². The number of anilines is 1. The van der Waals surface area contributed by atoms with Crippen molar-refractivity contribution in [3.05, 3.63) is 39.0 Å². The molecule has 0 bridgehead atoms. The number of amidine groups is 2. The van der Waals surface area contributed by atoms with E-state index >= 15 is 0 Å². The molecule has 1 aromatic rings. The molecule has 1 unspecified atom stereocenters. The zero-order chi connectivity index (χ0) is 25.4. The molecule has 1 saturated heterocycles. The molecular weight excluding hydrogens is 528 g/mol. The summed E-state index contributed by atoms with van der Waals surface area (Å²) < 4.78 is 121. The summed E-state index contributed by atoms with van der Waals surface area (Å²) in [6, 6.07) is 0.935. The Balaban J connectivity index is 1.91. The molecule has 2 N–H and O–H groups in total. The van der Waals surface area contributed by atoms with Crippen molar-refractivity contribution >= 4 is 40.6 Å². The van der Waals surface area contributed by atoms with Crippen molar-refractivity contribution in [3.63, 3.8) is 0 Å². The summed E-state index contributed by atoms with van der Waals surface area (Å²) in [5.74, 6) is -3.04. The van der Waals surface area contributed by atoms with Gasteiger partial charge in [-0.3, -0.25) is 10.4 Å². The molecule has 4 rings (SSSR count). The molecule has 0 spiro atoms. The Morgan fingerprint density at radius 3 is 1.94 bits per heavy atom. The maximum absolute atomic E-state index is 13.7. The van der Waals surface area contributed by atoms with Crippen molar-refractivity contribution < 1.29 is 39.5 Å². The Morgan fingerprint density at radius 2 is 1.50 bits per heavy atom. The van der Waals surface area contributed by atoms with Crippen molar-refractivity contribution in [2.45, 2.75) is 37.5 Å². The molecule has 1 saturated carbocycles. The van der Waals surface area contributed by atoms with Crippen LogP contribution >= 0.6 is 23.2 Å². The summed E-state index contributed by atoms with van der Waals surface area (Å²) in [4.78, 5) is 3.38. The van der Waals surface area contributed by atoms with Gasteiger partial charge in [-0.15, -0.1) is 0 Å². The first-order chi connectivity index (χ1) is 15.5. The van der Waals surface area contributed by atoms with Gasteiger partial charge in [-0.2, -0.15) is 44.5 Å². The Labute approximate surface area is 195 Å². The smallest absolute Gasteiger partial charge is 0.332 e. The normalized spacial score (nSPS) is 22.2. The maximum atomic E-state index is 13.7. The predicted molar refractivity (Wildman–Crippen MR) is 105 cm³/mol. The summed E-state index contributed by atoms with van der Waals surface area (Å²) in [6.45, 7) is -0.135. The Bertz CT molecular complexity index is 1080. The van der Waals surface area contributed by atoms with Gasteiger partial charge in [0.05, 0.1) is 26.9 Å². The van der Waals surface area contributed by atoms with Gasteiger partial charge in [-0.05, 0) is 30.9 Å². The van der Waals surface area contributed by atoms with Gasteiger partial charge in [-0.25, -0.2) is 4.99 Å². The van der Waals surface area contributed by atoms with E-state index in [0.717, 1.165) is 5.01 Å². The lowest BCUT2D eigenvalue weighted by molar-refractivity contribution is -0.137. The second-order valence-corrected chi connectivity index (χ2v) is 8.59. The highest BCUT2D eigenvalue weighted by atomic mass is 35.5. The van der Waals surface area contributed by atoms with Gasteiger partial charge in [0, 0.05) is 6.54 Å². The monoisotopic (exact) mass is 539 g/mol. The summed E-state index contributed by atoms with van der Waals surface area (Å²) in [6.07, 6.45) is -16.2. The minimum absolute atomic E-state index is 0.135. The molecule has 0 radical (unpaired) electrons. The standard InChI is InChI=1S/C18H12Cl2F9N5/c19-8-3-7(16(21,22)23)4-9(20)11(8)34-13(30)10-12(17(24,25)26)31-15(18(27,28)29)32-14(10)33(34)5-6-1-2-6/h3-4,6,14,30H,1-2,5H2,(H,31,32). The predicted octanol–water partition coefficient (Wildman–Crippen LogP) is 6.14. The third kappa shape index (κ3) is 4.42. The number of halogens is 11. The molecule has 3 aliphatic rings. The lowest BCUT2D eigenvalue weighted by atomic mass is 10.1. The Kier molecular flexibility index (Phi) is 5.80. The van der Waals surface area contributed by atoms with Crippen LogP contribution in [0, 0.1) is 11.3 Å². The van der Waals surface area contributed by atoms with Gasteiger partial charge in [-0.1, -0.05) is 23.2 Å². The van der Waals surface area contributed by atoms with Gasteiger partial charge < -0.3 is 5.32 Å². The van der Waals surface area contributed by atoms with E-state index in [2.05, 4.69) is 4.99 Å². The number of aliphatic imine (C=N–C) groups is 1. The van der Waals surface area contributed by atoms with Crippen molar-refractivity contribution in [2.24, 2.45) is 10.9 Å². The number of nitrogens with zero attached hydrogens (tertiary/aromatic N) is 3. The van der Waals surface area contributed by atoms with Crippen LogP contribution in [-0.4, -0.2) is 41.7 Å². The maximum Gasteiger partial charge on any atom is 0.449 e. The molecular formula is C18H12Cl2F9N5. The molecule has 0 amide bonds. The van der Waals surface area contributed by atoms with E-state index in [1.807, 2.05) is 0 Å². The second kappa shape index (κ2) is 7.92. The molecule has 1 aliphatic carbocycles. The van der Waals surface area contributed by atoms with E-state index in [1.54, 1.807) is 0 Å². The van der Waals surface area contributed by atoms with Crippen molar-refractivity contribution in [1.29, 1.82) is 5.41 Å². The third-order valence-electron chi connectivity index (χ3n) is 5.28. The van der Waals surface area contributed by atoms with Gasteiger partial charge in [0.1, 0.15) is 11.5 Å². The van der Waals surface area contributed by atoms with E-state index in [0.29, 0.717) is 30.0 Å². The number of rotatable bonds is 3. The van der Waals surface area contributed by atoms with Crippen LogP contribution in [0.15, 0.2) is 28.4 Å². The number of hydrazine groups is 1. The third-order valence-corrected chi connectivity index (χ3v) is 5.85. The first-order valence-electron chi connectivity index (χ1n) is 9.45. The molecule has 5 nitrogen and oxygen atoms in total. The van der Waals surface area contributed by atoms with Crippen molar-refractivity contribution in [2.75, 3.05) is 11.6 Å². The van der Waals surface area contributed by atoms with Gasteiger partial charge in [0.25, 0.3) is 0 Å². The molecule has 2 fully saturated rings. The van der Waals surface area contributed by atoms with Gasteiger partial charge in [0.15, 0.2) is 6.17 Å². The number of allylic oxidation sites excluding steroid dienone is 1. The molecule has 1 aromatic carbocycles. The van der Waals surface area contributed by atoms with E-state index in [4.69, 9.17) is 28.6 Å². The molecule has 2 aliphatic heterocycles. The quantitative estimate of drug-likeness (QED) is 0.453. The fraction of sp³-hybridized carbons (Fsp3) is 0.444. The van der Waals surface area contributed by atoms with Crippen molar-refractivity contribution in [1.82, 2.24) is 10.3 Å². The molecule has 186 valence electrons. The minimum atomic E-state index is -5.33. The van der Waals surface area contributed by atoms with Crippen LogP contribution in [0.1, 0.15) is 18.4 Å². The summed E-state index contributed by atoms with van der Waals surface area (Å²) in [5, 5.41) is 9.90. The molecule has 0 aromatic heterocycles. The lowest BCUT2D eigenvalue weighted by Crippen LogP contribution is -2.49. The fourth-order valence-corrected chi connectivity index (χ4v) is 4.28. The largest absolute Gasteiger partial charge is 0.449 e. The van der Waals surface area contributed by atoms with Crippen LogP contribution in [0.5, 0.6) is 0 Å². The SMILES string of the molecule is N=C1C2=C(C(F)(F)F)NC(C(F)(F)F)=NC2N(CC2CC2)N1c1c(Cl)cc(C(F)(F)F)cc1Cl. The summed E-state index contributed by atoms with van der Waals surface area (Å²) >= 11 is 12.0. The zero-order valence-electron chi connectivity index (χ0n) is 16.4. The van der Waals surface area contributed by atoms with Crippen LogP contribution in [-0.2, 0) is 6.18 Å². The number of hydrogen-bond acceptors (Lipinski definition) is 4. The summed E-state index contributed by atoms with van der Waals surface area (Å²) in [5.41, 5.74) is -4.52. The van der Waals surface area contributed by atoms with E-state index in [9.17, 15) is 39.5 Å². The topological polar surface area (TPSA) is 54.7 Å². The average Bonchev–Trinajstić information content (AvgIpc) is 3.45. The van der Waals surface area contributed by atoms with Crippen LogP contribution in [0.4, 0.5) is 45.2 Å². The summed E-state index contributed by atoms with van der Waals surface area (Å²) in [7, 11) is 0. The number of fused-ring (bicyclic) bond motifs is 1. The lowest BCUT2D eigenvalue weighted by Gasteiger charge is -2.33. The highest BCUT2D eigenvalue weighted by molar-refractivity contribution is 6.40. The van der Waals surface area contributed by atoms with Crippen LogP contribution in [0.2, 0.25) is 10.0 Å². The number of hydrogen-bond donors (Lipinski definition) is 2. The minimum Gasteiger partial charge on any atom is -0.332 e. The first kappa shape index (κ1) is 24.9. The highest BCUT2D eigenvalue weighted by Gasteiger charge is 2.55. The van der Waals surface area contributed by atoms with Crippen molar-refractivity contribution in [3.8, 4) is 0 Å². The van der Waals surface area contributed by atoms with Crippen LogP contribution in [0.25, 0.3) is 0 Å². The zero-order valence-corrected chi connectivity index (χ0v) is 17.9. The van der Waals surface area contributed by atoms with Gasteiger partial charge in [0.2, 0.25) is 5.84 Å². The second-order valence-electron chi connectivity index (χ2n) is 7.77. The first-order valence-corrected chi connectivity index (χ1v) is 10.2. The molecule has 16 heteroatoms. The Morgan fingerprint density at radius 1 is 0.941 bits per heavy atom. The van der Waals surface area contributed by atoms with E-state index < -0.39 is 68.9 Å². The Hall–Kier alpha value is -2.19. The highest BCUT2D eigenvalue weighted by Crippen LogP contribution is 2.47. The number of nitrogens with one attached hydrogen (secondary N) is 2. The molecule has 34 heavy (non-hydrogen) atoms. The van der Waals surface area contributed by atoms with Crippen LogP contribution in [0.3, 0.4) is 0 Å².